The summed E-state index contributed by atoms with van der Waals surface area (Å²) in [6.45, 7) is 5.21. The number of hydrogen-bond acceptors (Lipinski definition) is 6. The Morgan fingerprint density at radius 2 is 1.60 bits per heavy atom. The third kappa shape index (κ3) is 5.62. The van der Waals surface area contributed by atoms with Crippen LogP contribution in [0.3, 0.4) is 0 Å². The van der Waals surface area contributed by atoms with Crippen LogP contribution in [0.5, 0.6) is 0 Å². The molecular weight excluding hydrogens is 526 g/mol. The second kappa shape index (κ2) is 11.9. The Morgan fingerprint density at radius 3 is 2.33 bits per heavy atom. The Labute approximate surface area is 240 Å². The van der Waals surface area contributed by atoms with Crippen LogP contribution in [0.2, 0.25) is 5.02 Å². The zero-order chi connectivity index (χ0) is 27.5. The van der Waals surface area contributed by atoms with Gasteiger partial charge in [0.2, 0.25) is 5.91 Å². The van der Waals surface area contributed by atoms with Crippen LogP contribution < -0.4 is 10.2 Å². The van der Waals surface area contributed by atoms with Gasteiger partial charge in [0.05, 0.1) is 44.1 Å². The summed E-state index contributed by atoms with van der Waals surface area (Å²) in [5.74, 6) is 0.0231. The van der Waals surface area contributed by atoms with Gasteiger partial charge in [0.15, 0.2) is 0 Å². The quantitative estimate of drug-likeness (QED) is 0.440. The molecule has 0 bridgehead atoms. The first-order valence-corrected chi connectivity index (χ1v) is 14.5. The van der Waals surface area contributed by atoms with E-state index in [9.17, 15) is 9.90 Å². The molecule has 40 heavy (non-hydrogen) atoms. The molecule has 3 aromatic rings. The molecule has 3 aliphatic heterocycles. The van der Waals surface area contributed by atoms with E-state index >= 15 is 0 Å². The van der Waals surface area contributed by atoms with Crippen molar-refractivity contribution in [3.05, 3.63) is 100 Å². The number of hydrogen-bond donors (Lipinski definition) is 2. The van der Waals surface area contributed by atoms with E-state index in [1.54, 1.807) is 0 Å². The summed E-state index contributed by atoms with van der Waals surface area (Å²) >= 11 is 6.15. The Kier molecular flexibility index (Phi) is 8.10. The number of likely N-dealkylation sites (tertiary alicyclic amines) is 1. The molecule has 3 aliphatic rings. The molecular formula is C32H36ClN3O4. The van der Waals surface area contributed by atoms with Crippen LogP contribution in [0.25, 0.3) is 0 Å². The standard InChI is InChI=1S/C32H36ClN3O4/c33-26-9-5-23(6-10-26)30(31(38)24-7-11-27(12-8-24)35-17-19-39-20-18-35)34-21-29(37)36-15-13-32(14-16-36)28-4-2-1-3-25(28)22-40-32/h1-12,30-31,34,38H,13-22H2/t30-,31?/m1/s1. The number of anilines is 1. The van der Waals surface area contributed by atoms with E-state index in [2.05, 4.69) is 34.5 Å². The van der Waals surface area contributed by atoms with Crippen molar-refractivity contribution >= 4 is 23.2 Å². The first-order valence-electron chi connectivity index (χ1n) is 14.1. The molecule has 8 heteroatoms. The van der Waals surface area contributed by atoms with Gasteiger partial charge in [-0.1, -0.05) is 60.1 Å². The van der Waals surface area contributed by atoms with Gasteiger partial charge in [-0.05, 0) is 59.4 Å². The number of halogens is 1. The molecule has 2 atom stereocenters. The fourth-order valence-electron chi connectivity index (χ4n) is 6.20. The monoisotopic (exact) mass is 561 g/mol. The number of morpholine rings is 1. The molecule has 0 radical (unpaired) electrons. The molecule has 2 N–H and O–H groups in total. The molecule has 0 aliphatic carbocycles. The van der Waals surface area contributed by atoms with Gasteiger partial charge < -0.3 is 24.4 Å². The average Bonchev–Trinajstić information content (AvgIpc) is 3.36. The maximum atomic E-state index is 13.3. The number of piperidine rings is 1. The van der Waals surface area contributed by atoms with Crippen molar-refractivity contribution in [3.8, 4) is 0 Å². The number of benzene rings is 3. The predicted octanol–water partition coefficient (Wildman–Crippen LogP) is 4.59. The fraction of sp³-hybridized carbons (Fsp3) is 0.406. The van der Waals surface area contributed by atoms with Gasteiger partial charge in [-0.15, -0.1) is 0 Å². The molecule has 3 heterocycles. The molecule has 2 saturated heterocycles. The number of amides is 1. The normalized spacial score (nSPS) is 19.9. The van der Waals surface area contributed by atoms with Crippen molar-refractivity contribution < 1.29 is 19.4 Å². The van der Waals surface area contributed by atoms with Gasteiger partial charge in [0, 0.05) is 36.9 Å². The zero-order valence-corrected chi connectivity index (χ0v) is 23.4. The van der Waals surface area contributed by atoms with Gasteiger partial charge in [-0.25, -0.2) is 0 Å². The highest BCUT2D eigenvalue weighted by Gasteiger charge is 2.43. The molecule has 2 fully saturated rings. The summed E-state index contributed by atoms with van der Waals surface area (Å²) in [6, 6.07) is 23.4. The third-order valence-corrected chi connectivity index (χ3v) is 8.82. The molecule has 1 unspecified atom stereocenters. The number of carbonyl (C=O) groups excluding carboxylic acids is 1. The highest BCUT2D eigenvalue weighted by Crippen LogP contribution is 2.44. The van der Waals surface area contributed by atoms with E-state index in [1.807, 2.05) is 53.4 Å². The van der Waals surface area contributed by atoms with E-state index in [4.69, 9.17) is 21.1 Å². The Balaban J connectivity index is 1.12. The van der Waals surface area contributed by atoms with Crippen molar-refractivity contribution in [1.82, 2.24) is 10.2 Å². The number of rotatable bonds is 7. The lowest BCUT2D eigenvalue weighted by atomic mass is 9.84. The summed E-state index contributed by atoms with van der Waals surface area (Å²) in [5.41, 5.74) is 5.01. The van der Waals surface area contributed by atoms with E-state index in [0.717, 1.165) is 56.0 Å². The van der Waals surface area contributed by atoms with Crippen LogP contribution in [0.15, 0.2) is 72.8 Å². The van der Waals surface area contributed by atoms with Gasteiger partial charge in [0.1, 0.15) is 0 Å². The van der Waals surface area contributed by atoms with Crippen molar-refractivity contribution in [2.75, 3.05) is 50.8 Å². The summed E-state index contributed by atoms with van der Waals surface area (Å²) in [7, 11) is 0. The Morgan fingerprint density at radius 1 is 0.925 bits per heavy atom. The van der Waals surface area contributed by atoms with Gasteiger partial charge in [0.25, 0.3) is 0 Å². The third-order valence-electron chi connectivity index (χ3n) is 8.56. The number of nitrogens with zero attached hydrogens (tertiary/aromatic N) is 2. The summed E-state index contributed by atoms with van der Waals surface area (Å²) in [4.78, 5) is 17.5. The molecule has 1 amide bonds. The molecule has 1 spiro atoms. The second-order valence-corrected chi connectivity index (χ2v) is 11.3. The molecule has 3 aromatic carbocycles. The van der Waals surface area contributed by atoms with E-state index < -0.39 is 12.1 Å². The molecule has 7 nitrogen and oxygen atoms in total. The molecule has 0 aromatic heterocycles. The first kappa shape index (κ1) is 27.2. The number of ether oxygens (including phenoxy) is 2. The lowest BCUT2D eigenvalue weighted by molar-refractivity contribution is -0.137. The highest BCUT2D eigenvalue weighted by molar-refractivity contribution is 6.30. The number of carbonyl (C=O) groups is 1. The maximum Gasteiger partial charge on any atom is 0.236 e. The van der Waals surface area contributed by atoms with Gasteiger partial charge in [-0.3, -0.25) is 10.1 Å². The molecule has 6 rings (SSSR count). The number of aliphatic hydroxyl groups excluding tert-OH is 1. The number of nitrogens with one attached hydrogen (secondary N) is 1. The summed E-state index contributed by atoms with van der Waals surface area (Å²) in [5, 5.41) is 15.5. The van der Waals surface area contributed by atoms with E-state index in [0.29, 0.717) is 24.7 Å². The van der Waals surface area contributed by atoms with Crippen LogP contribution in [-0.2, 0) is 26.5 Å². The Hall–Kier alpha value is -2.94. The molecule has 0 saturated carbocycles. The minimum absolute atomic E-state index is 0.0231. The number of aliphatic hydroxyl groups is 1. The first-order chi connectivity index (χ1) is 19.5. The van der Waals surface area contributed by atoms with Crippen LogP contribution in [0.4, 0.5) is 5.69 Å². The molecule has 210 valence electrons. The topological polar surface area (TPSA) is 74.3 Å². The smallest absolute Gasteiger partial charge is 0.236 e. The second-order valence-electron chi connectivity index (χ2n) is 10.9. The Bertz CT molecular complexity index is 1300. The van der Waals surface area contributed by atoms with E-state index in [-0.39, 0.29) is 18.1 Å². The lowest BCUT2D eigenvalue weighted by Crippen LogP contribution is -2.48. The summed E-state index contributed by atoms with van der Waals surface area (Å²) < 4.78 is 11.7. The zero-order valence-electron chi connectivity index (χ0n) is 22.6. The fourth-order valence-corrected chi connectivity index (χ4v) is 6.33. The minimum atomic E-state index is -0.847. The van der Waals surface area contributed by atoms with Crippen LogP contribution in [-0.4, -0.2) is 61.9 Å². The van der Waals surface area contributed by atoms with Crippen molar-refractivity contribution in [1.29, 1.82) is 0 Å². The van der Waals surface area contributed by atoms with Crippen LogP contribution in [0, 0.1) is 0 Å². The summed E-state index contributed by atoms with van der Waals surface area (Å²) in [6.07, 6.45) is 0.726. The number of fused-ring (bicyclic) bond motifs is 2. The lowest BCUT2D eigenvalue weighted by Gasteiger charge is -2.39. The van der Waals surface area contributed by atoms with Crippen LogP contribution >= 0.6 is 11.6 Å². The highest BCUT2D eigenvalue weighted by atomic mass is 35.5. The maximum absolute atomic E-state index is 13.3. The van der Waals surface area contributed by atoms with Crippen molar-refractivity contribution in [2.24, 2.45) is 0 Å². The average molecular weight is 562 g/mol. The largest absolute Gasteiger partial charge is 0.386 e. The van der Waals surface area contributed by atoms with Crippen LogP contribution in [0.1, 0.15) is 47.2 Å². The van der Waals surface area contributed by atoms with E-state index in [1.165, 1.54) is 11.1 Å². The van der Waals surface area contributed by atoms with Crippen molar-refractivity contribution in [3.63, 3.8) is 0 Å². The van der Waals surface area contributed by atoms with Gasteiger partial charge in [-0.2, -0.15) is 0 Å². The predicted molar refractivity (Wildman–Crippen MR) is 155 cm³/mol. The minimum Gasteiger partial charge on any atom is -0.386 e. The van der Waals surface area contributed by atoms with Gasteiger partial charge >= 0.3 is 0 Å². The van der Waals surface area contributed by atoms with Crippen molar-refractivity contribution in [2.45, 2.75) is 37.2 Å². The SMILES string of the molecule is O=C(CN[C@H](c1ccc(Cl)cc1)C(O)c1ccc(N2CCOCC2)cc1)N1CCC2(CC1)OCc1ccccc12.